The van der Waals surface area contributed by atoms with Crippen molar-refractivity contribution >= 4 is 12.4 Å². The highest BCUT2D eigenvalue weighted by molar-refractivity contribution is 6.16. The molecule has 1 aliphatic rings. The molecular formula is C8H16N2. The highest BCUT2D eigenvalue weighted by Gasteiger charge is 2.08. The first-order valence-electron chi connectivity index (χ1n) is 3.85. The van der Waals surface area contributed by atoms with Crippen LogP contribution in [0.4, 0.5) is 0 Å². The summed E-state index contributed by atoms with van der Waals surface area (Å²) < 4.78 is 0. The zero-order chi connectivity index (χ0) is 7.98. The second-order valence-corrected chi connectivity index (χ2v) is 2.08. The Balaban J connectivity index is 0.000000371. The Morgan fingerprint density at radius 3 is 1.40 bits per heavy atom. The van der Waals surface area contributed by atoms with E-state index in [9.17, 15) is 0 Å². The molecular weight excluding hydrogens is 124 g/mol. The molecule has 0 saturated heterocycles. The van der Waals surface area contributed by atoms with Gasteiger partial charge in [-0.2, -0.15) is 0 Å². The third-order valence-corrected chi connectivity index (χ3v) is 1.41. The van der Waals surface area contributed by atoms with Gasteiger partial charge >= 0.3 is 0 Å². The van der Waals surface area contributed by atoms with Crippen molar-refractivity contribution in [3.8, 4) is 0 Å². The average molecular weight is 140 g/mol. The van der Waals surface area contributed by atoms with Crippen LogP contribution in [0, 0.1) is 0 Å². The number of aliphatic imine (C=N–C) groups is 2. The van der Waals surface area contributed by atoms with Gasteiger partial charge in [0.25, 0.3) is 0 Å². The van der Waals surface area contributed by atoms with Crippen molar-refractivity contribution in [2.45, 2.75) is 39.8 Å². The maximum Gasteiger partial charge on any atom is 0.0692 e. The van der Waals surface area contributed by atoms with E-state index < -0.39 is 0 Å². The zero-order valence-electron chi connectivity index (χ0n) is 7.20. The van der Waals surface area contributed by atoms with E-state index in [0.717, 1.165) is 0 Å². The number of hydrogen-bond acceptors (Lipinski definition) is 2. The molecule has 1 aliphatic heterocycles. The van der Waals surface area contributed by atoms with Gasteiger partial charge in [0.1, 0.15) is 0 Å². The van der Waals surface area contributed by atoms with Crippen molar-refractivity contribution in [3.63, 3.8) is 0 Å². The fourth-order valence-electron chi connectivity index (χ4n) is 0.598. The summed E-state index contributed by atoms with van der Waals surface area (Å²) in [5.41, 5.74) is 0. The van der Waals surface area contributed by atoms with Crippen molar-refractivity contribution in [2.24, 2.45) is 9.98 Å². The summed E-state index contributed by atoms with van der Waals surface area (Å²) in [6.45, 7) is 8.13. The summed E-state index contributed by atoms with van der Waals surface area (Å²) in [4.78, 5) is 8.27. The first kappa shape index (κ1) is 9.34. The molecule has 2 unspecified atom stereocenters. The minimum atomic E-state index is 0.375. The van der Waals surface area contributed by atoms with Crippen LogP contribution in [0.3, 0.4) is 0 Å². The van der Waals surface area contributed by atoms with Gasteiger partial charge in [-0.3, -0.25) is 9.98 Å². The standard InChI is InChI=1S/C6H10N2.C2H6/c1-5-6(2)8-4-3-7-5;1-2/h3-6H,1-2H3;1-2H3. The van der Waals surface area contributed by atoms with Crippen molar-refractivity contribution in [2.75, 3.05) is 0 Å². The highest BCUT2D eigenvalue weighted by atomic mass is 14.9. The first-order chi connectivity index (χ1) is 4.80. The van der Waals surface area contributed by atoms with Crippen LogP contribution >= 0.6 is 0 Å². The molecule has 0 aromatic carbocycles. The van der Waals surface area contributed by atoms with Crippen molar-refractivity contribution in [1.82, 2.24) is 0 Å². The van der Waals surface area contributed by atoms with Gasteiger partial charge in [0.2, 0.25) is 0 Å². The van der Waals surface area contributed by atoms with Crippen LogP contribution in [-0.4, -0.2) is 24.5 Å². The molecule has 0 radical (unpaired) electrons. The van der Waals surface area contributed by atoms with Gasteiger partial charge in [0, 0.05) is 12.4 Å². The average Bonchev–Trinajstić information content (AvgIpc) is 2.00. The Morgan fingerprint density at radius 1 is 0.900 bits per heavy atom. The minimum absolute atomic E-state index is 0.375. The molecule has 0 fully saturated rings. The Labute approximate surface area is 63.1 Å². The summed E-state index contributed by atoms with van der Waals surface area (Å²) >= 11 is 0. The lowest BCUT2D eigenvalue weighted by Gasteiger charge is -2.12. The summed E-state index contributed by atoms with van der Waals surface area (Å²) in [6.07, 6.45) is 3.51. The molecule has 0 amide bonds. The topological polar surface area (TPSA) is 24.7 Å². The first-order valence-corrected chi connectivity index (χ1v) is 3.85. The van der Waals surface area contributed by atoms with Crippen LogP contribution in [0.25, 0.3) is 0 Å². The van der Waals surface area contributed by atoms with E-state index in [2.05, 4.69) is 23.8 Å². The predicted molar refractivity (Wildman–Crippen MR) is 47.3 cm³/mol. The summed E-state index contributed by atoms with van der Waals surface area (Å²) in [5.74, 6) is 0. The van der Waals surface area contributed by atoms with E-state index in [4.69, 9.17) is 0 Å². The Hall–Kier alpha value is -0.660. The van der Waals surface area contributed by atoms with E-state index in [1.807, 2.05) is 13.8 Å². The third kappa shape index (κ3) is 2.76. The van der Waals surface area contributed by atoms with Crippen molar-refractivity contribution in [1.29, 1.82) is 0 Å². The van der Waals surface area contributed by atoms with E-state index in [-0.39, 0.29) is 0 Å². The van der Waals surface area contributed by atoms with Crippen molar-refractivity contribution < 1.29 is 0 Å². The SMILES string of the molecule is CC.CC1N=CC=NC1C. The fourth-order valence-corrected chi connectivity index (χ4v) is 0.598. The maximum absolute atomic E-state index is 4.14. The molecule has 2 nitrogen and oxygen atoms in total. The minimum Gasteiger partial charge on any atom is -0.286 e. The van der Waals surface area contributed by atoms with Gasteiger partial charge < -0.3 is 0 Å². The molecule has 2 heteroatoms. The van der Waals surface area contributed by atoms with Crippen LogP contribution in [-0.2, 0) is 0 Å². The van der Waals surface area contributed by atoms with Gasteiger partial charge in [-0.15, -0.1) is 0 Å². The smallest absolute Gasteiger partial charge is 0.0692 e. The lowest BCUT2D eigenvalue weighted by molar-refractivity contribution is 0.608. The molecule has 0 aliphatic carbocycles. The molecule has 0 aromatic rings. The number of rotatable bonds is 0. The highest BCUT2D eigenvalue weighted by Crippen LogP contribution is 2.02. The molecule has 0 spiro atoms. The normalized spacial score (nSPS) is 29.2. The number of hydrogen-bond donors (Lipinski definition) is 0. The van der Waals surface area contributed by atoms with E-state index in [0.29, 0.717) is 12.1 Å². The van der Waals surface area contributed by atoms with Gasteiger partial charge in [-0.25, -0.2) is 0 Å². The molecule has 58 valence electrons. The van der Waals surface area contributed by atoms with Gasteiger partial charge in [-0.1, -0.05) is 13.8 Å². The summed E-state index contributed by atoms with van der Waals surface area (Å²) in [5, 5.41) is 0. The van der Waals surface area contributed by atoms with Gasteiger partial charge in [0.15, 0.2) is 0 Å². The molecule has 1 rings (SSSR count). The molecule has 0 saturated carbocycles. The van der Waals surface area contributed by atoms with Crippen LogP contribution in [0.5, 0.6) is 0 Å². The number of nitrogens with zero attached hydrogens (tertiary/aromatic N) is 2. The summed E-state index contributed by atoms with van der Waals surface area (Å²) in [6, 6.07) is 0.750. The largest absolute Gasteiger partial charge is 0.286 e. The van der Waals surface area contributed by atoms with Crippen LogP contribution < -0.4 is 0 Å². The molecule has 2 atom stereocenters. The summed E-state index contributed by atoms with van der Waals surface area (Å²) in [7, 11) is 0. The van der Waals surface area contributed by atoms with E-state index in [1.54, 1.807) is 12.4 Å². The molecule has 10 heavy (non-hydrogen) atoms. The Bertz CT molecular complexity index is 111. The van der Waals surface area contributed by atoms with E-state index >= 15 is 0 Å². The van der Waals surface area contributed by atoms with Gasteiger partial charge in [0.05, 0.1) is 12.1 Å². The van der Waals surface area contributed by atoms with Crippen molar-refractivity contribution in [3.05, 3.63) is 0 Å². The molecule has 1 heterocycles. The Morgan fingerprint density at radius 2 is 1.20 bits per heavy atom. The second-order valence-electron chi connectivity index (χ2n) is 2.08. The predicted octanol–water partition coefficient (Wildman–Crippen LogP) is 1.94. The lowest BCUT2D eigenvalue weighted by Crippen LogP contribution is -2.18. The van der Waals surface area contributed by atoms with Crippen LogP contribution in [0.1, 0.15) is 27.7 Å². The third-order valence-electron chi connectivity index (χ3n) is 1.41. The van der Waals surface area contributed by atoms with Crippen LogP contribution in [0.2, 0.25) is 0 Å². The zero-order valence-corrected chi connectivity index (χ0v) is 7.20. The maximum atomic E-state index is 4.14. The second kappa shape index (κ2) is 5.15. The quantitative estimate of drug-likeness (QED) is 0.491. The lowest BCUT2D eigenvalue weighted by atomic mass is 10.2. The fraction of sp³-hybridized carbons (Fsp3) is 0.750. The molecule has 0 aromatic heterocycles. The monoisotopic (exact) mass is 140 g/mol. The molecule has 0 bridgehead atoms. The van der Waals surface area contributed by atoms with E-state index in [1.165, 1.54) is 0 Å². The van der Waals surface area contributed by atoms with Gasteiger partial charge in [-0.05, 0) is 13.8 Å². The molecule has 0 N–H and O–H groups in total. The van der Waals surface area contributed by atoms with Crippen LogP contribution in [0.15, 0.2) is 9.98 Å². The Kier molecular flexibility index (Phi) is 4.81.